The molecular weight excluding hydrogens is 286 g/mol. The highest BCUT2D eigenvalue weighted by atomic mass is 32.2. The lowest BCUT2D eigenvalue weighted by Crippen LogP contribution is -2.42. The molecule has 120 valence electrons. The number of likely N-dealkylation sites (N-methyl/N-ethyl adjacent to an activating group) is 1. The van der Waals surface area contributed by atoms with Crippen LogP contribution in [0.2, 0.25) is 0 Å². The molecule has 1 saturated heterocycles. The van der Waals surface area contributed by atoms with Crippen molar-refractivity contribution < 1.29 is 9.84 Å². The van der Waals surface area contributed by atoms with Crippen LogP contribution in [0.15, 0.2) is 6.20 Å². The van der Waals surface area contributed by atoms with E-state index in [2.05, 4.69) is 23.8 Å². The standard InChI is InChI=1S/C15H27N3O2S/c1-14(2)9-15(19,11-21-10-14)13-12(20-5)8-16-18(13)7-6-17(3)4/h8,19H,6-7,9-11H2,1-5H3. The summed E-state index contributed by atoms with van der Waals surface area (Å²) in [6.07, 6.45) is 2.45. The third-order valence-corrected chi connectivity index (χ3v) is 5.50. The van der Waals surface area contributed by atoms with Crippen molar-refractivity contribution in [2.45, 2.75) is 32.4 Å². The van der Waals surface area contributed by atoms with Crippen molar-refractivity contribution in [2.24, 2.45) is 5.41 Å². The zero-order valence-electron chi connectivity index (χ0n) is 13.7. The van der Waals surface area contributed by atoms with Gasteiger partial charge in [-0.3, -0.25) is 4.68 Å². The fourth-order valence-electron chi connectivity index (χ4n) is 2.99. The molecule has 5 nitrogen and oxygen atoms in total. The van der Waals surface area contributed by atoms with E-state index in [4.69, 9.17) is 4.74 Å². The Labute approximate surface area is 131 Å². The van der Waals surface area contributed by atoms with Gasteiger partial charge in [0.25, 0.3) is 0 Å². The SMILES string of the molecule is COc1cnn(CCN(C)C)c1C1(O)CSCC(C)(C)C1. The van der Waals surface area contributed by atoms with E-state index in [-0.39, 0.29) is 5.41 Å². The monoisotopic (exact) mass is 313 g/mol. The van der Waals surface area contributed by atoms with Crippen molar-refractivity contribution in [3.05, 3.63) is 11.9 Å². The predicted molar refractivity (Wildman–Crippen MR) is 87.0 cm³/mol. The van der Waals surface area contributed by atoms with Gasteiger partial charge in [-0.25, -0.2) is 0 Å². The van der Waals surface area contributed by atoms with Crippen LogP contribution in [0.5, 0.6) is 5.75 Å². The van der Waals surface area contributed by atoms with Crippen molar-refractivity contribution >= 4 is 11.8 Å². The van der Waals surface area contributed by atoms with Crippen LogP contribution in [0.3, 0.4) is 0 Å². The van der Waals surface area contributed by atoms with Crippen LogP contribution in [-0.4, -0.2) is 59.0 Å². The minimum atomic E-state index is -0.874. The van der Waals surface area contributed by atoms with Gasteiger partial charge in [0.2, 0.25) is 0 Å². The average Bonchev–Trinajstić information content (AvgIpc) is 2.78. The number of hydrogen-bond donors (Lipinski definition) is 1. The number of ether oxygens (including phenoxy) is 1. The maximum absolute atomic E-state index is 11.2. The molecule has 21 heavy (non-hydrogen) atoms. The van der Waals surface area contributed by atoms with Crippen molar-refractivity contribution in [3.8, 4) is 5.75 Å². The Hall–Kier alpha value is -0.720. The Bertz CT molecular complexity index is 487. The van der Waals surface area contributed by atoms with E-state index in [1.165, 1.54) is 0 Å². The van der Waals surface area contributed by atoms with Crippen LogP contribution in [-0.2, 0) is 12.1 Å². The third kappa shape index (κ3) is 3.73. The normalized spacial score (nSPS) is 25.3. The van der Waals surface area contributed by atoms with E-state index in [0.717, 1.165) is 31.0 Å². The summed E-state index contributed by atoms with van der Waals surface area (Å²) in [5.41, 5.74) is 0.0621. The van der Waals surface area contributed by atoms with Gasteiger partial charge < -0.3 is 14.7 Å². The van der Waals surface area contributed by atoms with E-state index in [0.29, 0.717) is 11.5 Å². The molecule has 0 amide bonds. The summed E-state index contributed by atoms with van der Waals surface area (Å²) in [4.78, 5) is 2.11. The van der Waals surface area contributed by atoms with Gasteiger partial charge in [-0.15, -0.1) is 0 Å². The maximum Gasteiger partial charge on any atom is 0.162 e. The highest BCUT2D eigenvalue weighted by molar-refractivity contribution is 7.99. The minimum Gasteiger partial charge on any atom is -0.493 e. The number of nitrogens with zero attached hydrogens (tertiary/aromatic N) is 3. The molecule has 2 heterocycles. The minimum absolute atomic E-state index is 0.110. The van der Waals surface area contributed by atoms with Gasteiger partial charge in [-0.05, 0) is 31.7 Å². The van der Waals surface area contributed by atoms with Crippen LogP contribution in [0.4, 0.5) is 0 Å². The second-order valence-electron chi connectivity index (χ2n) is 6.95. The van der Waals surface area contributed by atoms with Crippen LogP contribution in [0.25, 0.3) is 0 Å². The van der Waals surface area contributed by atoms with Crippen LogP contribution in [0, 0.1) is 5.41 Å². The molecule has 0 saturated carbocycles. The second-order valence-corrected chi connectivity index (χ2v) is 7.94. The zero-order chi connectivity index (χ0) is 15.7. The molecule has 0 aliphatic carbocycles. The van der Waals surface area contributed by atoms with Crippen molar-refractivity contribution in [3.63, 3.8) is 0 Å². The molecule has 1 aromatic heterocycles. The lowest BCUT2D eigenvalue weighted by Gasteiger charge is -2.41. The van der Waals surface area contributed by atoms with Gasteiger partial charge in [-0.1, -0.05) is 13.8 Å². The molecule has 0 bridgehead atoms. The molecule has 1 fully saturated rings. The average molecular weight is 313 g/mol. The zero-order valence-corrected chi connectivity index (χ0v) is 14.5. The molecular formula is C15H27N3O2S. The summed E-state index contributed by atoms with van der Waals surface area (Å²) in [7, 11) is 5.71. The summed E-state index contributed by atoms with van der Waals surface area (Å²) in [6, 6.07) is 0. The molecule has 6 heteroatoms. The number of thioether (sulfide) groups is 1. The summed E-state index contributed by atoms with van der Waals surface area (Å²) in [5.74, 6) is 2.46. The quantitative estimate of drug-likeness (QED) is 0.898. The van der Waals surface area contributed by atoms with Crippen LogP contribution in [0.1, 0.15) is 26.0 Å². The topological polar surface area (TPSA) is 50.5 Å². The number of methoxy groups -OCH3 is 1. The van der Waals surface area contributed by atoms with Crippen molar-refractivity contribution in [1.29, 1.82) is 0 Å². The summed E-state index contributed by atoms with van der Waals surface area (Å²) >= 11 is 1.80. The van der Waals surface area contributed by atoms with E-state index in [1.54, 1.807) is 25.1 Å². The molecule has 0 radical (unpaired) electrons. The Kier molecular flexibility index (Phi) is 4.90. The molecule has 1 aromatic rings. The molecule has 1 N–H and O–H groups in total. The van der Waals surface area contributed by atoms with Gasteiger partial charge in [0.15, 0.2) is 5.75 Å². The molecule has 1 aliphatic heterocycles. The second kappa shape index (κ2) is 6.18. The number of rotatable bonds is 5. The largest absolute Gasteiger partial charge is 0.493 e. The fraction of sp³-hybridized carbons (Fsp3) is 0.800. The van der Waals surface area contributed by atoms with E-state index < -0.39 is 5.60 Å². The summed E-state index contributed by atoms with van der Waals surface area (Å²) < 4.78 is 7.36. The lowest BCUT2D eigenvalue weighted by atomic mass is 9.80. The first kappa shape index (κ1) is 16.6. The lowest BCUT2D eigenvalue weighted by molar-refractivity contribution is 0.00532. The Morgan fingerprint density at radius 2 is 2.14 bits per heavy atom. The summed E-state index contributed by atoms with van der Waals surface area (Å²) in [5, 5.41) is 15.7. The Morgan fingerprint density at radius 3 is 2.71 bits per heavy atom. The van der Waals surface area contributed by atoms with Crippen LogP contribution < -0.4 is 4.74 Å². The summed E-state index contributed by atoms with van der Waals surface area (Å²) in [6.45, 7) is 6.04. The molecule has 1 aliphatic rings. The fourth-order valence-corrected chi connectivity index (χ4v) is 4.33. The predicted octanol–water partition coefficient (Wildman–Crippen LogP) is 1.80. The Morgan fingerprint density at radius 1 is 1.43 bits per heavy atom. The van der Waals surface area contributed by atoms with Crippen molar-refractivity contribution in [1.82, 2.24) is 14.7 Å². The Balaban J connectivity index is 2.33. The number of aromatic nitrogens is 2. The van der Waals surface area contributed by atoms with Gasteiger partial charge in [-0.2, -0.15) is 16.9 Å². The van der Waals surface area contributed by atoms with E-state index in [1.807, 2.05) is 18.8 Å². The maximum atomic E-state index is 11.2. The van der Waals surface area contributed by atoms with Gasteiger partial charge in [0.1, 0.15) is 11.3 Å². The van der Waals surface area contributed by atoms with Gasteiger partial charge in [0.05, 0.1) is 19.9 Å². The first-order valence-electron chi connectivity index (χ1n) is 7.32. The first-order chi connectivity index (χ1) is 9.77. The number of hydrogen-bond acceptors (Lipinski definition) is 5. The van der Waals surface area contributed by atoms with Gasteiger partial charge >= 0.3 is 0 Å². The molecule has 0 aromatic carbocycles. The van der Waals surface area contributed by atoms with E-state index in [9.17, 15) is 5.11 Å². The first-order valence-corrected chi connectivity index (χ1v) is 8.48. The third-order valence-electron chi connectivity index (χ3n) is 3.83. The van der Waals surface area contributed by atoms with Crippen molar-refractivity contribution in [2.75, 3.05) is 39.3 Å². The molecule has 1 unspecified atom stereocenters. The molecule has 0 spiro atoms. The number of aliphatic hydroxyl groups is 1. The van der Waals surface area contributed by atoms with Crippen LogP contribution >= 0.6 is 11.8 Å². The molecule has 1 atom stereocenters. The smallest absolute Gasteiger partial charge is 0.162 e. The van der Waals surface area contributed by atoms with E-state index >= 15 is 0 Å². The highest BCUT2D eigenvalue weighted by Gasteiger charge is 2.44. The van der Waals surface area contributed by atoms with Gasteiger partial charge in [0, 0.05) is 12.3 Å². The highest BCUT2D eigenvalue weighted by Crippen LogP contribution is 2.46. The molecule has 2 rings (SSSR count).